The fourth-order valence-corrected chi connectivity index (χ4v) is 3.08. The molecule has 0 unspecified atom stereocenters. The average Bonchev–Trinajstić information content (AvgIpc) is 2.46. The lowest BCUT2D eigenvalue weighted by Crippen LogP contribution is -2.22. The van der Waals surface area contributed by atoms with Gasteiger partial charge in [0.05, 0.1) is 0 Å². The number of aryl methyl sites for hydroxylation is 1. The summed E-state index contributed by atoms with van der Waals surface area (Å²) in [5.41, 5.74) is 5.77. The normalized spacial score (nSPS) is 16.4. The van der Waals surface area contributed by atoms with Gasteiger partial charge in [0, 0.05) is 32.1 Å². The Balaban J connectivity index is 2.03. The quantitative estimate of drug-likeness (QED) is 0.840. The van der Waals surface area contributed by atoms with Crippen LogP contribution in [0.5, 0.6) is 0 Å². The number of hydrogen-bond acceptors (Lipinski definition) is 3. The van der Waals surface area contributed by atoms with Crippen LogP contribution in [-0.4, -0.2) is 24.1 Å². The molecule has 1 aliphatic rings. The third-order valence-electron chi connectivity index (χ3n) is 4.35. The van der Waals surface area contributed by atoms with Crippen LogP contribution in [0, 0.1) is 5.41 Å². The Hall–Kier alpha value is -1.90. The predicted octanol–water partition coefficient (Wildman–Crippen LogP) is 3.72. The van der Waals surface area contributed by atoms with Gasteiger partial charge < -0.3 is 4.90 Å². The molecule has 0 radical (unpaired) electrons. The van der Waals surface area contributed by atoms with Crippen LogP contribution < -0.4 is 4.90 Å². The lowest BCUT2D eigenvalue weighted by atomic mass is 9.72. The molecule has 21 heavy (non-hydrogen) atoms. The van der Waals surface area contributed by atoms with Crippen molar-refractivity contribution in [1.82, 2.24) is 9.97 Å². The zero-order valence-corrected chi connectivity index (χ0v) is 13.3. The number of hydrogen-bond donors (Lipinski definition) is 0. The molecular formula is C18H23N3. The van der Waals surface area contributed by atoms with Crippen molar-refractivity contribution in [1.29, 1.82) is 0 Å². The maximum absolute atomic E-state index is 4.45. The van der Waals surface area contributed by atoms with Gasteiger partial charge in [-0.15, -0.1) is 0 Å². The van der Waals surface area contributed by atoms with Crippen LogP contribution in [0.3, 0.4) is 0 Å². The number of rotatable bonds is 2. The highest BCUT2D eigenvalue weighted by Crippen LogP contribution is 2.39. The van der Waals surface area contributed by atoms with E-state index in [0.29, 0.717) is 5.41 Å². The SMILES string of the molecule is CN(C)c1ncc(-c2cccc3c2CC(C)(C)CC3)cn1. The molecule has 0 aliphatic heterocycles. The number of nitrogens with zero attached hydrogens (tertiary/aromatic N) is 3. The van der Waals surface area contributed by atoms with Crippen LogP contribution in [0.4, 0.5) is 5.95 Å². The molecule has 0 saturated heterocycles. The molecule has 0 bridgehead atoms. The van der Waals surface area contributed by atoms with E-state index in [4.69, 9.17) is 0 Å². The number of anilines is 1. The highest BCUT2D eigenvalue weighted by Gasteiger charge is 2.27. The van der Waals surface area contributed by atoms with Crippen molar-refractivity contribution in [2.45, 2.75) is 33.1 Å². The van der Waals surface area contributed by atoms with Gasteiger partial charge >= 0.3 is 0 Å². The third kappa shape index (κ3) is 2.78. The van der Waals surface area contributed by atoms with Gasteiger partial charge in [0.1, 0.15) is 0 Å². The van der Waals surface area contributed by atoms with Crippen molar-refractivity contribution >= 4 is 5.95 Å². The largest absolute Gasteiger partial charge is 0.347 e. The standard InChI is InChI=1S/C18H23N3/c1-18(2)9-8-13-6-5-7-15(16(13)10-18)14-11-19-17(20-12-14)21(3)4/h5-7,11-12H,8-10H2,1-4H3. The summed E-state index contributed by atoms with van der Waals surface area (Å²) in [6, 6.07) is 6.63. The first-order valence-corrected chi connectivity index (χ1v) is 7.57. The van der Waals surface area contributed by atoms with E-state index in [2.05, 4.69) is 42.0 Å². The van der Waals surface area contributed by atoms with Crippen molar-refractivity contribution in [2.24, 2.45) is 5.41 Å². The van der Waals surface area contributed by atoms with Crippen molar-refractivity contribution in [2.75, 3.05) is 19.0 Å². The van der Waals surface area contributed by atoms with Gasteiger partial charge in [0.2, 0.25) is 5.95 Å². The first kappa shape index (κ1) is 14.1. The molecule has 3 rings (SSSR count). The smallest absolute Gasteiger partial charge is 0.224 e. The van der Waals surface area contributed by atoms with E-state index >= 15 is 0 Å². The molecule has 3 nitrogen and oxygen atoms in total. The van der Waals surface area contributed by atoms with Gasteiger partial charge in [0.25, 0.3) is 0 Å². The van der Waals surface area contributed by atoms with Gasteiger partial charge in [-0.05, 0) is 41.4 Å². The van der Waals surface area contributed by atoms with E-state index in [1.165, 1.54) is 29.5 Å². The summed E-state index contributed by atoms with van der Waals surface area (Å²) in [5.74, 6) is 0.754. The van der Waals surface area contributed by atoms with Gasteiger partial charge in [-0.25, -0.2) is 9.97 Å². The molecule has 2 aromatic rings. The molecule has 0 saturated carbocycles. The van der Waals surface area contributed by atoms with E-state index in [0.717, 1.165) is 17.9 Å². The lowest BCUT2D eigenvalue weighted by Gasteiger charge is -2.32. The molecule has 0 atom stereocenters. The number of benzene rings is 1. The first-order valence-electron chi connectivity index (χ1n) is 7.57. The molecule has 0 spiro atoms. The molecule has 0 amide bonds. The number of aromatic nitrogens is 2. The van der Waals surface area contributed by atoms with Crippen molar-refractivity contribution in [3.05, 3.63) is 41.7 Å². The minimum absolute atomic E-state index is 0.382. The summed E-state index contributed by atoms with van der Waals surface area (Å²) >= 11 is 0. The van der Waals surface area contributed by atoms with Crippen molar-refractivity contribution in [3.63, 3.8) is 0 Å². The maximum atomic E-state index is 4.45. The van der Waals surface area contributed by atoms with E-state index in [1.807, 2.05) is 31.4 Å². The van der Waals surface area contributed by atoms with E-state index in [9.17, 15) is 0 Å². The zero-order valence-electron chi connectivity index (χ0n) is 13.3. The molecule has 3 heteroatoms. The van der Waals surface area contributed by atoms with Gasteiger partial charge in [0.15, 0.2) is 0 Å². The first-order chi connectivity index (χ1) is 9.96. The maximum Gasteiger partial charge on any atom is 0.224 e. The summed E-state index contributed by atoms with van der Waals surface area (Å²) in [6.45, 7) is 4.72. The topological polar surface area (TPSA) is 29.0 Å². The van der Waals surface area contributed by atoms with Crippen molar-refractivity contribution < 1.29 is 0 Å². The highest BCUT2D eigenvalue weighted by atomic mass is 15.2. The summed E-state index contributed by atoms with van der Waals surface area (Å²) < 4.78 is 0. The fourth-order valence-electron chi connectivity index (χ4n) is 3.08. The Labute approximate surface area is 127 Å². The number of fused-ring (bicyclic) bond motifs is 1. The Bertz CT molecular complexity index is 642. The Morgan fingerprint density at radius 3 is 2.48 bits per heavy atom. The molecule has 1 aromatic carbocycles. The van der Waals surface area contributed by atoms with Crippen LogP contribution in [-0.2, 0) is 12.8 Å². The minimum Gasteiger partial charge on any atom is -0.347 e. The molecular weight excluding hydrogens is 258 g/mol. The second-order valence-corrected chi connectivity index (χ2v) is 6.95. The van der Waals surface area contributed by atoms with Crippen molar-refractivity contribution in [3.8, 4) is 11.1 Å². The van der Waals surface area contributed by atoms with E-state index in [-0.39, 0.29) is 0 Å². The predicted molar refractivity (Wildman–Crippen MR) is 87.6 cm³/mol. The monoisotopic (exact) mass is 281 g/mol. The summed E-state index contributed by atoms with van der Waals surface area (Å²) in [7, 11) is 3.92. The van der Waals surface area contributed by atoms with Crippen LogP contribution in [0.1, 0.15) is 31.4 Å². The second-order valence-electron chi connectivity index (χ2n) is 6.95. The second kappa shape index (κ2) is 5.14. The minimum atomic E-state index is 0.382. The molecule has 1 aliphatic carbocycles. The molecule has 0 fully saturated rings. The molecule has 110 valence electrons. The van der Waals surface area contributed by atoms with Gasteiger partial charge in [-0.3, -0.25) is 0 Å². The van der Waals surface area contributed by atoms with Crippen LogP contribution in [0.25, 0.3) is 11.1 Å². The van der Waals surface area contributed by atoms with E-state index < -0.39 is 0 Å². The summed E-state index contributed by atoms with van der Waals surface area (Å²) in [6.07, 6.45) is 7.46. The van der Waals surface area contributed by atoms with Crippen LogP contribution >= 0.6 is 0 Å². The van der Waals surface area contributed by atoms with Crippen LogP contribution in [0.2, 0.25) is 0 Å². The Kier molecular flexibility index (Phi) is 3.44. The van der Waals surface area contributed by atoms with E-state index in [1.54, 1.807) is 0 Å². The molecule has 0 N–H and O–H groups in total. The highest BCUT2D eigenvalue weighted by molar-refractivity contribution is 5.68. The van der Waals surface area contributed by atoms with Crippen LogP contribution in [0.15, 0.2) is 30.6 Å². The molecule has 1 aromatic heterocycles. The zero-order chi connectivity index (χ0) is 15.0. The average molecular weight is 281 g/mol. The Morgan fingerprint density at radius 1 is 1.10 bits per heavy atom. The summed E-state index contributed by atoms with van der Waals surface area (Å²) in [5, 5.41) is 0. The van der Waals surface area contributed by atoms with Gasteiger partial charge in [-0.2, -0.15) is 0 Å². The molecule has 1 heterocycles. The van der Waals surface area contributed by atoms with Gasteiger partial charge in [-0.1, -0.05) is 32.0 Å². The summed E-state index contributed by atoms with van der Waals surface area (Å²) in [4.78, 5) is 10.8. The Morgan fingerprint density at radius 2 is 1.81 bits per heavy atom. The fraction of sp³-hybridized carbons (Fsp3) is 0.444. The lowest BCUT2D eigenvalue weighted by molar-refractivity contribution is 0.316. The third-order valence-corrected chi connectivity index (χ3v) is 4.35.